The molecule has 0 N–H and O–H groups in total. The van der Waals surface area contributed by atoms with E-state index in [-0.39, 0.29) is 11.8 Å². The average molecular weight is 248 g/mol. The topological polar surface area (TPSA) is 44.1 Å². The monoisotopic (exact) mass is 248 g/mol. The number of hydrogen-bond acceptors (Lipinski definition) is 2. The number of halogens is 1. The predicted molar refractivity (Wildman–Crippen MR) is 68.4 cm³/mol. The van der Waals surface area contributed by atoms with Crippen LogP contribution >= 0.6 is 0 Å². The molecule has 0 aliphatic carbocycles. The Morgan fingerprint density at radius 3 is 2.61 bits per heavy atom. The molecule has 0 bridgehead atoms. The van der Waals surface area contributed by atoms with Crippen LogP contribution in [0.5, 0.6) is 0 Å². The SMILES string of the molecule is CCN(C(=O)C(C#N)C(C)C)c1cccc(F)c1. The molecular formula is C14H17FN2O. The number of nitriles is 1. The van der Waals surface area contributed by atoms with E-state index < -0.39 is 11.7 Å². The van der Waals surface area contributed by atoms with E-state index in [1.54, 1.807) is 19.1 Å². The molecule has 1 aromatic carbocycles. The first-order chi connectivity index (χ1) is 8.51. The fourth-order valence-corrected chi connectivity index (χ4v) is 1.77. The number of nitrogens with zero attached hydrogens (tertiary/aromatic N) is 2. The molecule has 0 fully saturated rings. The summed E-state index contributed by atoms with van der Waals surface area (Å²) < 4.78 is 13.2. The minimum atomic E-state index is -0.701. The van der Waals surface area contributed by atoms with Gasteiger partial charge in [0.1, 0.15) is 11.7 Å². The van der Waals surface area contributed by atoms with Crippen molar-refractivity contribution in [3.05, 3.63) is 30.1 Å². The molecule has 0 spiro atoms. The van der Waals surface area contributed by atoms with E-state index in [0.717, 1.165) is 0 Å². The lowest BCUT2D eigenvalue weighted by atomic mass is 9.95. The Morgan fingerprint density at radius 1 is 1.50 bits per heavy atom. The Hall–Kier alpha value is -1.89. The zero-order valence-electron chi connectivity index (χ0n) is 10.9. The van der Waals surface area contributed by atoms with Crippen LogP contribution in [0, 0.1) is 29.0 Å². The number of carbonyl (C=O) groups excluding carboxylic acids is 1. The summed E-state index contributed by atoms with van der Waals surface area (Å²) in [5, 5.41) is 9.04. The molecule has 1 atom stereocenters. The van der Waals surface area contributed by atoms with Crippen LogP contribution < -0.4 is 4.90 Å². The Labute approximate surface area is 107 Å². The summed E-state index contributed by atoms with van der Waals surface area (Å²) >= 11 is 0. The number of hydrogen-bond donors (Lipinski definition) is 0. The molecule has 0 aliphatic heterocycles. The van der Waals surface area contributed by atoms with Gasteiger partial charge in [0.05, 0.1) is 6.07 Å². The highest BCUT2D eigenvalue weighted by molar-refractivity contribution is 5.96. The number of anilines is 1. The van der Waals surface area contributed by atoms with Crippen molar-refractivity contribution in [1.29, 1.82) is 5.26 Å². The third-order valence-electron chi connectivity index (χ3n) is 2.77. The number of carbonyl (C=O) groups is 1. The van der Waals surface area contributed by atoms with Crippen LogP contribution in [0.3, 0.4) is 0 Å². The van der Waals surface area contributed by atoms with Crippen LogP contribution in [0.2, 0.25) is 0 Å². The van der Waals surface area contributed by atoms with Crippen LogP contribution in [0.4, 0.5) is 10.1 Å². The maximum atomic E-state index is 13.2. The van der Waals surface area contributed by atoms with Gasteiger partial charge in [0.25, 0.3) is 0 Å². The smallest absolute Gasteiger partial charge is 0.244 e. The standard InChI is InChI=1S/C14H17FN2O/c1-4-17(12-7-5-6-11(15)8-12)14(18)13(9-16)10(2)3/h5-8,10,13H,4H2,1-3H3. The number of amides is 1. The highest BCUT2D eigenvalue weighted by Gasteiger charge is 2.27. The molecule has 1 aromatic rings. The van der Waals surface area contributed by atoms with E-state index in [9.17, 15) is 9.18 Å². The zero-order valence-corrected chi connectivity index (χ0v) is 10.9. The molecule has 96 valence electrons. The maximum Gasteiger partial charge on any atom is 0.244 e. The van der Waals surface area contributed by atoms with Gasteiger partial charge in [-0.1, -0.05) is 19.9 Å². The van der Waals surface area contributed by atoms with Crippen LogP contribution in [0.15, 0.2) is 24.3 Å². The van der Waals surface area contributed by atoms with Crippen LogP contribution in [-0.4, -0.2) is 12.5 Å². The third-order valence-corrected chi connectivity index (χ3v) is 2.77. The van der Waals surface area contributed by atoms with E-state index in [4.69, 9.17) is 5.26 Å². The minimum Gasteiger partial charge on any atom is -0.311 e. The predicted octanol–water partition coefficient (Wildman–Crippen LogP) is 2.97. The molecule has 0 aliphatic rings. The summed E-state index contributed by atoms with van der Waals surface area (Å²) in [4.78, 5) is 13.7. The molecule has 0 saturated carbocycles. The molecule has 0 heterocycles. The molecule has 4 heteroatoms. The number of benzene rings is 1. The fourth-order valence-electron chi connectivity index (χ4n) is 1.77. The largest absolute Gasteiger partial charge is 0.311 e. The molecule has 1 rings (SSSR count). The summed E-state index contributed by atoms with van der Waals surface area (Å²) in [7, 11) is 0. The van der Waals surface area contributed by atoms with Crippen LogP contribution in [0.1, 0.15) is 20.8 Å². The third kappa shape index (κ3) is 3.07. The van der Waals surface area contributed by atoms with E-state index in [1.807, 2.05) is 19.9 Å². The van der Waals surface area contributed by atoms with Crippen molar-refractivity contribution >= 4 is 11.6 Å². The lowest BCUT2D eigenvalue weighted by molar-refractivity contribution is -0.121. The molecule has 18 heavy (non-hydrogen) atoms. The molecule has 3 nitrogen and oxygen atoms in total. The second kappa shape index (κ2) is 6.15. The highest BCUT2D eigenvalue weighted by atomic mass is 19.1. The second-order valence-electron chi connectivity index (χ2n) is 4.41. The van der Waals surface area contributed by atoms with Gasteiger partial charge in [0.15, 0.2) is 0 Å². The average Bonchev–Trinajstić information content (AvgIpc) is 2.30. The molecule has 0 saturated heterocycles. The van der Waals surface area contributed by atoms with Gasteiger partial charge in [-0.25, -0.2) is 4.39 Å². The van der Waals surface area contributed by atoms with E-state index in [1.165, 1.54) is 17.0 Å². The van der Waals surface area contributed by atoms with Gasteiger partial charge in [0, 0.05) is 12.2 Å². The van der Waals surface area contributed by atoms with Crippen molar-refractivity contribution in [2.24, 2.45) is 11.8 Å². The zero-order chi connectivity index (χ0) is 13.7. The highest BCUT2D eigenvalue weighted by Crippen LogP contribution is 2.20. The van der Waals surface area contributed by atoms with Gasteiger partial charge in [-0.2, -0.15) is 5.26 Å². The molecule has 1 unspecified atom stereocenters. The first-order valence-electron chi connectivity index (χ1n) is 5.97. The van der Waals surface area contributed by atoms with Gasteiger partial charge in [-0.15, -0.1) is 0 Å². The molecule has 0 aromatic heterocycles. The lowest BCUT2D eigenvalue weighted by Gasteiger charge is -2.25. The lowest BCUT2D eigenvalue weighted by Crippen LogP contribution is -2.37. The van der Waals surface area contributed by atoms with Crippen LogP contribution in [0.25, 0.3) is 0 Å². The van der Waals surface area contributed by atoms with Gasteiger partial charge in [0.2, 0.25) is 5.91 Å². The number of rotatable bonds is 4. The van der Waals surface area contributed by atoms with Gasteiger partial charge in [-0.3, -0.25) is 4.79 Å². The molecule has 0 radical (unpaired) electrons. The minimum absolute atomic E-state index is 0.0647. The first kappa shape index (κ1) is 14.2. The summed E-state index contributed by atoms with van der Waals surface area (Å²) in [6.07, 6.45) is 0. The summed E-state index contributed by atoms with van der Waals surface area (Å²) in [5.41, 5.74) is 0.489. The van der Waals surface area contributed by atoms with E-state index in [2.05, 4.69) is 0 Å². The Morgan fingerprint density at radius 2 is 2.17 bits per heavy atom. The van der Waals surface area contributed by atoms with Crippen molar-refractivity contribution in [2.45, 2.75) is 20.8 Å². The van der Waals surface area contributed by atoms with E-state index >= 15 is 0 Å². The first-order valence-corrected chi connectivity index (χ1v) is 5.97. The molecule has 1 amide bonds. The Bertz CT molecular complexity index is 465. The van der Waals surface area contributed by atoms with Crippen LogP contribution in [-0.2, 0) is 4.79 Å². The van der Waals surface area contributed by atoms with Crippen molar-refractivity contribution in [3.63, 3.8) is 0 Å². The maximum absolute atomic E-state index is 13.2. The summed E-state index contributed by atoms with van der Waals surface area (Å²) in [5.74, 6) is -1.43. The summed E-state index contributed by atoms with van der Waals surface area (Å²) in [6.45, 7) is 5.86. The normalized spacial score (nSPS) is 12.0. The quantitative estimate of drug-likeness (QED) is 0.822. The van der Waals surface area contributed by atoms with Crippen molar-refractivity contribution in [1.82, 2.24) is 0 Å². The van der Waals surface area contributed by atoms with Crippen molar-refractivity contribution in [3.8, 4) is 6.07 Å². The second-order valence-corrected chi connectivity index (χ2v) is 4.41. The van der Waals surface area contributed by atoms with Crippen molar-refractivity contribution < 1.29 is 9.18 Å². The van der Waals surface area contributed by atoms with Crippen molar-refractivity contribution in [2.75, 3.05) is 11.4 Å². The van der Waals surface area contributed by atoms with Gasteiger partial charge < -0.3 is 4.90 Å². The summed E-state index contributed by atoms with van der Waals surface area (Å²) in [6, 6.07) is 7.86. The van der Waals surface area contributed by atoms with Gasteiger partial charge >= 0.3 is 0 Å². The fraction of sp³-hybridized carbons (Fsp3) is 0.429. The Balaban J connectivity index is 3.04. The van der Waals surface area contributed by atoms with Gasteiger partial charge in [-0.05, 0) is 31.0 Å². The van der Waals surface area contributed by atoms with E-state index in [0.29, 0.717) is 12.2 Å². The molecular weight excluding hydrogens is 231 g/mol. The Kier molecular flexibility index (Phi) is 4.85.